The fourth-order valence-electron chi connectivity index (χ4n) is 6.14. The van der Waals surface area contributed by atoms with Gasteiger partial charge in [-0.05, 0) is 84.7 Å². The Balaban J connectivity index is 1.28. The summed E-state index contributed by atoms with van der Waals surface area (Å²) in [4.78, 5) is 26.8. The second kappa shape index (κ2) is 11.6. The molecule has 220 valence electrons. The van der Waals surface area contributed by atoms with Crippen LogP contribution in [0.25, 0.3) is 16.6 Å². The van der Waals surface area contributed by atoms with E-state index in [2.05, 4.69) is 59.6 Å². The SMILES string of the molecule is CC(C)c1ccc(C2=C(CN3CCN(c4ccc(C(=O)O)cc4)C(Oc4cnc5[nH]ccc5c4)C3)CCC(C)(C)C2)s1. The second-order valence-electron chi connectivity index (χ2n) is 12.7. The number of carbonyl (C=O) groups is 1. The monoisotopic (exact) mass is 584 g/mol. The molecular weight excluding hydrogens is 544 g/mol. The number of rotatable bonds is 8. The average Bonchev–Trinajstić information content (AvgIpc) is 3.64. The summed E-state index contributed by atoms with van der Waals surface area (Å²) in [5, 5.41) is 10.4. The molecule has 1 fully saturated rings. The van der Waals surface area contributed by atoms with Crippen molar-refractivity contribution in [3.8, 4) is 5.75 Å². The van der Waals surface area contributed by atoms with E-state index in [1.807, 2.05) is 41.8 Å². The number of carboxylic acid groups (broad SMARTS) is 1. The van der Waals surface area contributed by atoms with Gasteiger partial charge in [0, 0.05) is 46.7 Å². The topological polar surface area (TPSA) is 81.7 Å². The smallest absolute Gasteiger partial charge is 0.335 e. The highest BCUT2D eigenvalue weighted by molar-refractivity contribution is 7.13. The van der Waals surface area contributed by atoms with Gasteiger partial charge >= 0.3 is 5.97 Å². The van der Waals surface area contributed by atoms with E-state index < -0.39 is 5.97 Å². The zero-order valence-electron chi connectivity index (χ0n) is 24.9. The van der Waals surface area contributed by atoms with Crippen molar-refractivity contribution >= 4 is 39.6 Å². The predicted octanol–water partition coefficient (Wildman–Crippen LogP) is 7.64. The minimum atomic E-state index is -0.920. The number of piperazine rings is 1. The van der Waals surface area contributed by atoms with Crippen molar-refractivity contribution in [3.05, 3.63) is 81.8 Å². The second-order valence-corrected chi connectivity index (χ2v) is 13.8. The number of pyridine rings is 1. The lowest BCUT2D eigenvalue weighted by molar-refractivity contribution is 0.0697. The first-order chi connectivity index (χ1) is 20.1. The van der Waals surface area contributed by atoms with Gasteiger partial charge in [0.05, 0.1) is 18.3 Å². The van der Waals surface area contributed by atoms with E-state index in [9.17, 15) is 9.90 Å². The number of nitrogens with zero attached hydrogens (tertiary/aromatic N) is 3. The van der Waals surface area contributed by atoms with Crippen LogP contribution >= 0.6 is 11.3 Å². The van der Waals surface area contributed by atoms with Gasteiger partial charge in [-0.2, -0.15) is 0 Å². The molecule has 1 aromatic carbocycles. The maximum Gasteiger partial charge on any atom is 0.335 e. The minimum absolute atomic E-state index is 0.244. The summed E-state index contributed by atoms with van der Waals surface area (Å²) in [6.07, 6.45) is 6.84. The Morgan fingerprint density at radius 2 is 1.98 bits per heavy atom. The third kappa shape index (κ3) is 6.10. The molecular formula is C34H40N4O3S. The molecule has 6 rings (SSSR count). The van der Waals surface area contributed by atoms with Crippen LogP contribution in [-0.2, 0) is 0 Å². The van der Waals surface area contributed by atoms with Crippen LogP contribution < -0.4 is 9.64 Å². The van der Waals surface area contributed by atoms with Crippen LogP contribution in [0, 0.1) is 5.41 Å². The Labute approximate surface area is 251 Å². The molecule has 0 bridgehead atoms. The number of hydrogen-bond acceptors (Lipinski definition) is 6. The number of hydrogen-bond donors (Lipinski definition) is 2. The lowest BCUT2D eigenvalue weighted by Gasteiger charge is -2.43. The van der Waals surface area contributed by atoms with Crippen molar-refractivity contribution in [2.24, 2.45) is 5.41 Å². The van der Waals surface area contributed by atoms with Crippen molar-refractivity contribution < 1.29 is 14.6 Å². The van der Waals surface area contributed by atoms with Crippen LogP contribution in [0.5, 0.6) is 5.75 Å². The lowest BCUT2D eigenvalue weighted by atomic mass is 9.74. The summed E-state index contributed by atoms with van der Waals surface area (Å²) in [6.45, 7) is 12.7. The molecule has 7 nitrogen and oxygen atoms in total. The van der Waals surface area contributed by atoms with Crippen molar-refractivity contribution in [2.45, 2.75) is 59.1 Å². The van der Waals surface area contributed by atoms with Crippen LogP contribution in [0.3, 0.4) is 0 Å². The summed E-state index contributed by atoms with van der Waals surface area (Å²) in [6, 6.07) is 15.8. The molecule has 2 N–H and O–H groups in total. The molecule has 0 radical (unpaired) electrons. The Morgan fingerprint density at radius 1 is 1.17 bits per heavy atom. The van der Waals surface area contributed by atoms with Crippen molar-refractivity contribution in [1.82, 2.24) is 14.9 Å². The van der Waals surface area contributed by atoms with Crippen LogP contribution in [0.4, 0.5) is 5.69 Å². The summed E-state index contributed by atoms with van der Waals surface area (Å²) >= 11 is 1.96. The molecule has 42 heavy (non-hydrogen) atoms. The van der Waals surface area contributed by atoms with Crippen LogP contribution in [0.2, 0.25) is 0 Å². The number of H-pyrrole nitrogens is 1. The Bertz CT molecular complexity index is 1600. The Hall–Kier alpha value is -3.62. The first-order valence-corrected chi connectivity index (χ1v) is 15.7. The zero-order valence-corrected chi connectivity index (χ0v) is 25.7. The fraction of sp³-hybridized carbons (Fsp3) is 0.412. The van der Waals surface area contributed by atoms with Crippen LogP contribution in [0.15, 0.2) is 66.5 Å². The van der Waals surface area contributed by atoms with Gasteiger partial charge in [-0.1, -0.05) is 33.3 Å². The number of thiophene rings is 1. The van der Waals surface area contributed by atoms with Crippen molar-refractivity contribution in [3.63, 3.8) is 0 Å². The highest BCUT2D eigenvalue weighted by atomic mass is 32.1. The largest absolute Gasteiger partial charge is 0.478 e. The molecule has 0 amide bonds. The standard InChI is InChI=1S/C34H40N4O3S/c1-22(2)29-9-10-30(42-29)28-18-34(3,4)13-11-25(28)20-37-15-16-38(26-7-5-23(6-8-26)33(39)40)31(21-37)41-27-17-24-12-14-35-32(24)36-19-27/h5-10,12,14,17,19,22,31H,11,13,15-16,18,20-21H2,1-4H3,(H,35,36)(H,39,40). The van der Waals surface area contributed by atoms with Crippen molar-refractivity contribution in [1.29, 1.82) is 0 Å². The normalized spacial score (nSPS) is 19.5. The first kappa shape index (κ1) is 28.5. The molecule has 1 unspecified atom stereocenters. The zero-order chi connectivity index (χ0) is 29.4. The highest BCUT2D eigenvalue weighted by Gasteiger charge is 2.33. The number of allylic oxidation sites excluding steroid dienone is 1. The number of benzene rings is 1. The molecule has 1 aliphatic heterocycles. The number of aromatic nitrogens is 2. The van der Waals surface area contributed by atoms with E-state index in [0.29, 0.717) is 11.3 Å². The third-order valence-corrected chi connectivity index (χ3v) is 10.1. The molecule has 4 heterocycles. The molecule has 3 aromatic heterocycles. The molecule has 1 atom stereocenters. The van der Waals surface area contributed by atoms with Gasteiger partial charge in [0.2, 0.25) is 0 Å². The summed E-state index contributed by atoms with van der Waals surface area (Å²) < 4.78 is 6.65. The van der Waals surface area contributed by atoms with E-state index in [0.717, 1.165) is 61.5 Å². The summed E-state index contributed by atoms with van der Waals surface area (Å²) in [5.41, 5.74) is 5.47. The van der Waals surface area contributed by atoms with E-state index in [1.165, 1.54) is 21.7 Å². The molecule has 0 spiro atoms. The number of anilines is 1. The fourth-order valence-corrected chi connectivity index (χ4v) is 7.25. The maximum absolute atomic E-state index is 11.5. The van der Waals surface area contributed by atoms with E-state index in [1.54, 1.807) is 23.9 Å². The average molecular weight is 585 g/mol. The Kier molecular flexibility index (Phi) is 7.85. The number of aromatic amines is 1. The van der Waals surface area contributed by atoms with Gasteiger partial charge < -0.3 is 19.7 Å². The van der Waals surface area contributed by atoms with Crippen molar-refractivity contribution in [2.75, 3.05) is 31.1 Å². The molecule has 8 heteroatoms. The third-order valence-electron chi connectivity index (χ3n) is 8.61. The molecule has 1 saturated heterocycles. The van der Waals surface area contributed by atoms with Gasteiger partial charge in [0.25, 0.3) is 0 Å². The van der Waals surface area contributed by atoms with Crippen LogP contribution in [-0.4, -0.2) is 58.4 Å². The number of carboxylic acids is 1. The van der Waals surface area contributed by atoms with Gasteiger partial charge in [-0.3, -0.25) is 4.90 Å². The molecule has 1 aliphatic carbocycles. The van der Waals surface area contributed by atoms with Gasteiger partial charge in [0.15, 0.2) is 6.23 Å². The number of fused-ring (bicyclic) bond motifs is 1. The van der Waals surface area contributed by atoms with E-state index in [4.69, 9.17) is 4.74 Å². The number of nitrogens with one attached hydrogen (secondary N) is 1. The highest BCUT2D eigenvalue weighted by Crippen LogP contribution is 2.45. The minimum Gasteiger partial charge on any atom is -0.478 e. The lowest BCUT2D eigenvalue weighted by Crippen LogP contribution is -2.56. The van der Waals surface area contributed by atoms with Gasteiger partial charge in [-0.25, -0.2) is 9.78 Å². The summed E-state index contributed by atoms with van der Waals surface area (Å²) in [7, 11) is 0. The van der Waals surface area contributed by atoms with Gasteiger partial charge in [-0.15, -0.1) is 11.3 Å². The van der Waals surface area contributed by atoms with Gasteiger partial charge in [0.1, 0.15) is 11.4 Å². The predicted molar refractivity (Wildman–Crippen MR) is 171 cm³/mol. The summed E-state index contributed by atoms with van der Waals surface area (Å²) in [5.74, 6) is 0.344. The van der Waals surface area contributed by atoms with E-state index in [-0.39, 0.29) is 11.8 Å². The number of aromatic carboxylic acids is 1. The number of ether oxygens (including phenoxy) is 1. The molecule has 0 saturated carbocycles. The Morgan fingerprint density at radius 3 is 2.71 bits per heavy atom. The van der Waals surface area contributed by atoms with Crippen LogP contribution in [0.1, 0.15) is 73.0 Å². The first-order valence-electron chi connectivity index (χ1n) is 14.9. The quantitative estimate of drug-likeness (QED) is 0.222. The molecule has 2 aliphatic rings. The molecule has 4 aromatic rings. The maximum atomic E-state index is 11.5. The van der Waals surface area contributed by atoms with E-state index >= 15 is 0 Å².